The van der Waals surface area contributed by atoms with Crippen LogP contribution in [-0.2, 0) is 0 Å². The van der Waals surface area contributed by atoms with Gasteiger partial charge in [0.25, 0.3) is 0 Å². The molecule has 1 aromatic rings. The standard InChI is InChI=1S/C16H24FNO2/c1-16(2,3)20-15-6-4-14(5-7-15)19-12-18-9-8-13(10-17)11-18/h4-7,13H,8-12H2,1-3H3/t13-/m0/s1. The molecule has 3 nitrogen and oxygen atoms in total. The van der Waals surface area contributed by atoms with E-state index in [-0.39, 0.29) is 18.2 Å². The zero-order valence-electron chi connectivity index (χ0n) is 12.6. The van der Waals surface area contributed by atoms with E-state index >= 15 is 0 Å². The molecule has 20 heavy (non-hydrogen) atoms. The molecular weight excluding hydrogens is 257 g/mol. The summed E-state index contributed by atoms with van der Waals surface area (Å²) in [6.45, 7) is 8.07. The van der Waals surface area contributed by atoms with E-state index in [2.05, 4.69) is 4.90 Å². The molecule has 2 rings (SSSR count). The van der Waals surface area contributed by atoms with Gasteiger partial charge >= 0.3 is 0 Å². The lowest BCUT2D eigenvalue weighted by molar-refractivity contribution is 0.129. The third-order valence-corrected chi connectivity index (χ3v) is 3.25. The van der Waals surface area contributed by atoms with Gasteiger partial charge in [-0.15, -0.1) is 0 Å². The maximum absolute atomic E-state index is 12.5. The molecule has 0 saturated carbocycles. The second kappa shape index (κ2) is 6.44. The SMILES string of the molecule is CC(C)(C)Oc1ccc(OCN2CC[C@@H](CF)C2)cc1. The molecule has 1 fully saturated rings. The third-order valence-electron chi connectivity index (χ3n) is 3.25. The Morgan fingerprint density at radius 3 is 2.40 bits per heavy atom. The Bertz CT molecular complexity index is 413. The third kappa shape index (κ3) is 4.67. The summed E-state index contributed by atoms with van der Waals surface area (Å²) in [7, 11) is 0. The summed E-state index contributed by atoms with van der Waals surface area (Å²) < 4.78 is 24.0. The maximum Gasteiger partial charge on any atom is 0.142 e. The number of ether oxygens (including phenoxy) is 2. The summed E-state index contributed by atoms with van der Waals surface area (Å²) in [5.41, 5.74) is -0.195. The predicted molar refractivity (Wildman–Crippen MR) is 78.0 cm³/mol. The first-order valence-corrected chi connectivity index (χ1v) is 7.16. The summed E-state index contributed by atoms with van der Waals surface area (Å²) in [6, 6.07) is 7.64. The van der Waals surface area contributed by atoms with Crippen LogP contribution in [-0.4, -0.2) is 37.0 Å². The first-order chi connectivity index (χ1) is 9.46. The Hall–Kier alpha value is -1.29. The van der Waals surface area contributed by atoms with Gasteiger partial charge < -0.3 is 9.47 Å². The molecule has 0 spiro atoms. The van der Waals surface area contributed by atoms with E-state index in [9.17, 15) is 4.39 Å². The van der Waals surface area contributed by atoms with Gasteiger partial charge in [-0.05, 0) is 51.5 Å². The highest BCUT2D eigenvalue weighted by Crippen LogP contribution is 2.22. The van der Waals surface area contributed by atoms with Crippen LogP contribution in [0.3, 0.4) is 0 Å². The topological polar surface area (TPSA) is 21.7 Å². The van der Waals surface area contributed by atoms with Gasteiger partial charge in [-0.1, -0.05) is 0 Å². The molecule has 0 aromatic heterocycles. The fourth-order valence-corrected chi connectivity index (χ4v) is 2.28. The van der Waals surface area contributed by atoms with Gasteiger partial charge in [0.2, 0.25) is 0 Å². The number of nitrogens with zero attached hydrogens (tertiary/aromatic N) is 1. The summed E-state index contributed by atoms with van der Waals surface area (Å²) in [5, 5.41) is 0. The van der Waals surface area contributed by atoms with Crippen molar-refractivity contribution in [1.29, 1.82) is 0 Å². The van der Waals surface area contributed by atoms with Gasteiger partial charge in [-0.25, -0.2) is 0 Å². The Kier molecular flexibility index (Phi) is 4.86. The minimum absolute atomic E-state index is 0.182. The zero-order valence-corrected chi connectivity index (χ0v) is 12.6. The quantitative estimate of drug-likeness (QED) is 0.824. The molecule has 4 heteroatoms. The minimum atomic E-state index is -0.227. The van der Waals surface area contributed by atoms with Crippen molar-refractivity contribution in [2.45, 2.75) is 32.8 Å². The summed E-state index contributed by atoms with van der Waals surface area (Å²) in [5.74, 6) is 1.83. The average molecular weight is 281 g/mol. The van der Waals surface area contributed by atoms with Crippen LogP contribution in [0.2, 0.25) is 0 Å². The lowest BCUT2D eigenvalue weighted by Crippen LogP contribution is -2.26. The Balaban J connectivity index is 1.79. The van der Waals surface area contributed by atoms with Crippen LogP contribution in [0.1, 0.15) is 27.2 Å². The van der Waals surface area contributed by atoms with Gasteiger partial charge in [-0.2, -0.15) is 0 Å². The van der Waals surface area contributed by atoms with Crippen molar-refractivity contribution in [3.05, 3.63) is 24.3 Å². The van der Waals surface area contributed by atoms with E-state index in [1.165, 1.54) is 0 Å². The van der Waals surface area contributed by atoms with Crippen molar-refractivity contribution in [2.24, 2.45) is 5.92 Å². The smallest absolute Gasteiger partial charge is 0.142 e. The lowest BCUT2D eigenvalue weighted by atomic mass is 10.1. The van der Waals surface area contributed by atoms with Crippen LogP contribution in [0, 0.1) is 5.92 Å². The number of hydrogen-bond donors (Lipinski definition) is 0. The molecule has 0 N–H and O–H groups in total. The fourth-order valence-electron chi connectivity index (χ4n) is 2.28. The predicted octanol–water partition coefficient (Wildman–Crippen LogP) is 3.49. The van der Waals surface area contributed by atoms with Crippen LogP contribution in [0.4, 0.5) is 4.39 Å². The van der Waals surface area contributed by atoms with Crippen LogP contribution in [0.5, 0.6) is 11.5 Å². The number of halogens is 1. The van der Waals surface area contributed by atoms with Gasteiger partial charge in [0.15, 0.2) is 0 Å². The monoisotopic (exact) mass is 281 g/mol. The van der Waals surface area contributed by atoms with E-state index in [0.717, 1.165) is 31.0 Å². The van der Waals surface area contributed by atoms with Crippen molar-refractivity contribution in [3.63, 3.8) is 0 Å². The maximum atomic E-state index is 12.5. The largest absolute Gasteiger partial charge is 0.488 e. The first-order valence-electron chi connectivity index (χ1n) is 7.16. The normalized spacial score (nSPS) is 20.1. The van der Waals surface area contributed by atoms with Crippen molar-refractivity contribution in [3.8, 4) is 11.5 Å². The molecule has 0 unspecified atom stereocenters. The van der Waals surface area contributed by atoms with E-state index < -0.39 is 0 Å². The van der Waals surface area contributed by atoms with Crippen LogP contribution in [0.25, 0.3) is 0 Å². The highest BCUT2D eigenvalue weighted by molar-refractivity contribution is 5.31. The molecular formula is C16H24FNO2. The van der Waals surface area contributed by atoms with Gasteiger partial charge in [-0.3, -0.25) is 9.29 Å². The highest BCUT2D eigenvalue weighted by atomic mass is 19.1. The summed E-state index contributed by atoms with van der Waals surface area (Å²) >= 11 is 0. The van der Waals surface area contributed by atoms with Crippen LogP contribution < -0.4 is 9.47 Å². The zero-order chi connectivity index (χ0) is 14.6. The molecule has 0 radical (unpaired) electrons. The van der Waals surface area contributed by atoms with Gasteiger partial charge in [0, 0.05) is 19.0 Å². The van der Waals surface area contributed by atoms with Crippen molar-refractivity contribution < 1.29 is 13.9 Å². The average Bonchev–Trinajstić information content (AvgIpc) is 2.84. The van der Waals surface area contributed by atoms with Crippen molar-refractivity contribution >= 4 is 0 Å². The minimum Gasteiger partial charge on any atom is -0.488 e. The molecule has 1 aromatic carbocycles. The Morgan fingerprint density at radius 1 is 1.20 bits per heavy atom. The first kappa shape index (κ1) is 15.1. The van der Waals surface area contributed by atoms with Crippen LogP contribution >= 0.6 is 0 Å². The number of rotatable bonds is 5. The Morgan fingerprint density at radius 2 is 1.85 bits per heavy atom. The number of alkyl halides is 1. The second-order valence-electron chi connectivity index (χ2n) is 6.35. The second-order valence-corrected chi connectivity index (χ2v) is 6.35. The van der Waals surface area contributed by atoms with Crippen molar-refractivity contribution in [2.75, 3.05) is 26.5 Å². The van der Waals surface area contributed by atoms with E-state index in [1.807, 2.05) is 45.0 Å². The van der Waals surface area contributed by atoms with E-state index in [1.54, 1.807) is 0 Å². The molecule has 1 atom stereocenters. The molecule has 1 aliphatic heterocycles. The summed E-state index contributed by atoms with van der Waals surface area (Å²) in [6.07, 6.45) is 0.929. The molecule has 1 heterocycles. The number of benzene rings is 1. The van der Waals surface area contributed by atoms with E-state index in [4.69, 9.17) is 9.47 Å². The summed E-state index contributed by atoms with van der Waals surface area (Å²) in [4.78, 5) is 2.14. The Labute approximate surface area is 120 Å². The molecule has 0 amide bonds. The number of likely N-dealkylation sites (tertiary alicyclic amines) is 1. The lowest BCUT2D eigenvalue weighted by Gasteiger charge is -2.21. The molecule has 1 aliphatic rings. The van der Waals surface area contributed by atoms with E-state index in [0.29, 0.717) is 6.73 Å². The van der Waals surface area contributed by atoms with Crippen LogP contribution in [0.15, 0.2) is 24.3 Å². The molecule has 0 aliphatic carbocycles. The van der Waals surface area contributed by atoms with Crippen molar-refractivity contribution in [1.82, 2.24) is 4.90 Å². The highest BCUT2D eigenvalue weighted by Gasteiger charge is 2.22. The van der Waals surface area contributed by atoms with Gasteiger partial charge in [0.05, 0.1) is 6.67 Å². The molecule has 112 valence electrons. The van der Waals surface area contributed by atoms with Gasteiger partial charge in [0.1, 0.15) is 23.8 Å². The molecule has 0 bridgehead atoms. The fraction of sp³-hybridized carbons (Fsp3) is 0.625. The number of hydrogen-bond acceptors (Lipinski definition) is 3. The molecule has 1 saturated heterocycles.